The third kappa shape index (κ3) is 5.61. The van der Waals surface area contributed by atoms with E-state index in [1.165, 1.54) is 33.4 Å². The van der Waals surface area contributed by atoms with Crippen LogP contribution in [-0.2, 0) is 23.4 Å². The molecule has 0 unspecified atom stereocenters. The van der Waals surface area contributed by atoms with Crippen LogP contribution in [0.3, 0.4) is 0 Å². The standard InChI is InChI=1S/C21H26N2.C15H10.C7H10Cl2N2.2ClH.Ru/c1-14-9-16(3)20(17(4)10-14)22-7-8-23(13-22)21-18(5)11-15(2)12-19(21)6;1-2-6-12(7-3-1)15-11-10-13-8-4-5-9-14(13)15;1-3-10-5-11(4-2)7(9)6(10)8;;;/h9-12H,7-8H2,1-6H3;1-9,11H;3-4H2,1-2H3;2*1H;/q;;;;;-4/p-2. The van der Waals surface area contributed by atoms with Crippen LogP contribution in [0, 0.1) is 45.6 Å². The van der Waals surface area contributed by atoms with Gasteiger partial charge in [-0.15, -0.1) is 0 Å². The van der Waals surface area contributed by atoms with Crippen LogP contribution in [0.4, 0.5) is 11.4 Å². The molecule has 1 aliphatic carbocycles. The number of imidazole rings is 1. The van der Waals surface area contributed by atoms with E-state index in [9.17, 15) is 0 Å². The summed E-state index contributed by atoms with van der Waals surface area (Å²) in [4.78, 5) is 4.87. The molecule has 4 aromatic carbocycles. The van der Waals surface area contributed by atoms with Crippen molar-refractivity contribution in [2.75, 3.05) is 22.9 Å². The van der Waals surface area contributed by atoms with E-state index in [0.29, 0.717) is 36.5 Å². The number of fused-ring (bicyclic) bond motifs is 1. The van der Waals surface area contributed by atoms with Gasteiger partial charge in [-0.2, -0.15) is 0 Å². The molecule has 0 radical (unpaired) electrons. The van der Waals surface area contributed by atoms with Crippen LogP contribution in [0.2, 0.25) is 10.3 Å². The van der Waals surface area contributed by atoms with Crippen molar-refractivity contribution in [3.63, 3.8) is 0 Å². The number of aryl methyl sites for hydroxylation is 6. The Morgan fingerprint density at radius 2 is 1.02 bits per heavy atom. The first-order valence-corrected chi connectivity index (χ1v) is 25.6. The zero-order valence-electron chi connectivity index (χ0n) is 31.1. The number of halogens is 4. The molecule has 7 rings (SSSR count). The van der Waals surface area contributed by atoms with E-state index < -0.39 is 10.3 Å². The normalized spacial score (nSPS) is 15.3. The number of nitrogens with zero attached hydrogens (tertiary/aromatic N) is 4. The summed E-state index contributed by atoms with van der Waals surface area (Å²) in [6.45, 7) is 19.7. The van der Waals surface area contributed by atoms with E-state index in [1.807, 2.05) is 6.07 Å². The molecule has 1 saturated heterocycles. The molecular formula is C43H46Cl4N4Ru-6. The molecule has 0 atom stereocenters. The zero-order chi connectivity index (χ0) is 37.3. The van der Waals surface area contributed by atoms with Gasteiger partial charge >= 0.3 is 328 Å². The van der Waals surface area contributed by atoms with Gasteiger partial charge in [0.25, 0.3) is 0 Å². The molecule has 0 amide bonds. The molecule has 9 heteroatoms. The van der Waals surface area contributed by atoms with Gasteiger partial charge < -0.3 is 0 Å². The number of allylic oxidation sites excluding steroid dienone is 1. The zero-order valence-corrected chi connectivity index (χ0v) is 35.8. The fourth-order valence-corrected chi connectivity index (χ4v) is 22.0. The van der Waals surface area contributed by atoms with Gasteiger partial charge in [-0.1, -0.05) is 0 Å². The number of aromatic nitrogens is 2. The van der Waals surface area contributed by atoms with Gasteiger partial charge in [0.2, 0.25) is 0 Å². The monoisotopic (exact) mass is 860 g/mol. The van der Waals surface area contributed by atoms with E-state index in [2.05, 4.69) is 153 Å². The van der Waals surface area contributed by atoms with Crippen LogP contribution in [0.15, 0.2) is 84.9 Å². The van der Waals surface area contributed by atoms with Crippen molar-refractivity contribution in [3.05, 3.63) is 149 Å². The van der Waals surface area contributed by atoms with Crippen LogP contribution >= 0.6 is 42.6 Å². The molecule has 0 saturated carbocycles. The minimum atomic E-state index is -5.52. The average Bonchev–Trinajstić information content (AvgIpc) is 3.78. The van der Waals surface area contributed by atoms with E-state index in [4.69, 9.17) is 42.6 Å². The maximum absolute atomic E-state index is 9.01. The number of hydrogen-bond donors (Lipinski definition) is 0. The molecule has 0 spiro atoms. The van der Waals surface area contributed by atoms with Crippen molar-refractivity contribution in [2.24, 2.45) is 0 Å². The Hall–Kier alpha value is -3.05. The molecule has 0 bridgehead atoms. The first kappa shape index (κ1) is 37.3. The van der Waals surface area contributed by atoms with Crippen LogP contribution < -0.4 is 9.80 Å². The van der Waals surface area contributed by atoms with Crippen molar-refractivity contribution in [1.29, 1.82) is 0 Å². The summed E-state index contributed by atoms with van der Waals surface area (Å²) in [6.07, 6.45) is 2.27. The quantitative estimate of drug-likeness (QED) is 0.164. The minimum absolute atomic E-state index is 0.440. The molecule has 280 valence electrons. The van der Waals surface area contributed by atoms with E-state index in [0.717, 1.165) is 46.1 Å². The molecule has 2 heterocycles. The van der Waals surface area contributed by atoms with Crippen molar-refractivity contribution >= 4 is 68.0 Å². The summed E-state index contributed by atoms with van der Waals surface area (Å²) in [5, 5.41) is 0.880. The number of benzene rings is 4. The maximum atomic E-state index is 9.01. The van der Waals surface area contributed by atoms with E-state index in [1.54, 1.807) is 0 Å². The van der Waals surface area contributed by atoms with Gasteiger partial charge in [-0.3, -0.25) is 0 Å². The van der Waals surface area contributed by atoms with Crippen LogP contribution in [-0.4, -0.2) is 30.7 Å². The summed E-state index contributed by atoms with van der Waals surface area (Å²) in [5.74, 6) is 0. The van der Waals surface area contributed by atoms with Gasteiger partial charge in [0.05, 0.1) is 0 Å². The van der Waals surface area contributed by atoms with E-state index >= 15 is 0 Å². The van der Waals surface area contributed by atoms with Gasteiger partial charge in [0.15, 0.2) is 0 Å². The first-order chi connectivity index (χ1) is 24.7. The Morgan fingerprint density at radius 1 is 0.596 bits per heavy atom. The second kappa shape index (κ2) is 13.7. The van der Waals surface area contributed by atoms with Crippen molar-refractivity contribution < 1.29 is 10.3 Å². The third-order valence-corrected chi connectivity index (χ3v) is 22.6. The Labute approximate surface area is 325 Å². The fraction of sp³-hybridized carbons (Fsp3) is 0.279. The summed E-state index contributed by atoms with van der Waals surface area (Å²) in [7, 11) is 12.5. The molecule has 4 nitrogen and oxygen atoms in total. The summed E-state index contributed by atoms with van der Waals surface area (Å²) in [6, 6.07) is 28.1. The van der Waals surface area contributed by atoms with E-state index in [-0.39, 0.29) is 0 Å². The SMILES string of the molecule is CCn1c(Cl)c(Cl)n(CC)[c]1=[Ru-6]([Cl])([Cl])(=[C]1C=C(c2ccccc2)c2ccccc21)=[C]1N(c2c(C)cc(C)cc2C)CCN1c1c(C)cc(C)cc1C. The molecule has 52 heavy (non-hydrogen) atoms. The molecule has 5 aromatic rings. The van der Waals surface area contributed by atoms with Crippen molar-refractivity contribution in [3.8, 4) is 0 Å². The fourth-order valence-electron chi connectivity index (χ4n) is 8.40. The Morgan fingerprint density at radius 3 is 1.46 bits per heavy atom. The number of rotatable bonds is 5. The summed E-state index contributed by atoms with van der Waals surface area (Å²) >= 11 is 14.4. The predicted octanol–water partition coefficient (Wildman–Crippen LogP) is 11.8. The predicted molar refractivity (Wildman–Crippen MR) is 224 cm³/mol. The van der Waals surface area contributed by atoms with Crippen molar-refractivity contribution in [1.82, 2.24) is 9.13 Å². The van der Waals surface area contributed by atoms with Gasteiger partial charge in [-0.05, 0) is 0 Å². The molecule has 1 aliphatic heterocycles. The van der Waals surface area contributed by atoms with Crippen LogP contribution in [0.5, 0.6) is 0 Å². The molecule has 1 fully saturated rings. The molecule has 2 aliphatic rings. The topological polar surface area (TPSA) is 16.3 Å². The summed E-state index contributed by atoms with van der Waals surface area (Å²) in [5.41, 5.74) is 13.8. The number of hydrogen-bond acceptors (Lipinski definition) is 2. The van der Waals surface area contributed by atoms with Gasteiger partial charge in [0, 0.05) is 0 Å². The average molecular weight is 862 g/mol. The first-order valence-electron chi connectivity index (χ1n) is 17.8. The Bertz CT molecular complexity index is 2480. The van der Waals surface area contributed by atoms with Crippen molar-refractivity contribution in [2.45, 2.75) is 68.5 Å². The van der Waals surface area contributed by atoms with Crippen LogP contribution in [0.1, 0.15) is 63.9 Å². The third-order valence-electron chi connectivity index (χ3n) is 10.2. The Balaban J connectivity index is 1.91. The summed E-state index contributed by atoms with van der Waals surface area (Å²) < 4.78 is 6.73. The molecular weight excluding hydrogens is 815 g/mol. The van der Waals surface area contributed by atoms with Gasteiger partial charge in [0.1, 0.15) is 0 Å². The number of anilines is 2. The molecule has 1 aromatic heterocycles. The van der Waals surface area contributed by atoms with Crippen LogP contribution in [0.25, 0.3) is 5.57 Å². The second-order valence-electron chi connectivity index (χ2n) is 13.9. The van der Waals surface area contributed by atoms with Gasteiger partial charge in [-0.25, -0.2) is 0 Å². The Kier molecular flexibility index (Phi) is 9.80. The second-order valence-corrected chi connectivity index (χ2v) is 27.8. The molecule has 0 N–H and O–H groups in total.